The SMILES string of the molecule is CNCc1cc(S(=O)(=O)NCc2cnc(C)s2)c(C)s1. The minimum atomic E-state index is -3.47. The molecule has 0 aliphatic carbocycles. The van der Waals surface area contributed by atoms with E-state index in [-0.39, 0.29) is 6.54 Å². The van der Waals surface area contributed by atoms with E-state index in [0.29, 0.717) is 11.4 Å². The van der Waals surface area contributed by atoms with E-state index in [2.05, 4.69) is 15.0 Å². The van der Waals surface area contributed by atoms with E-state index >= 15 is 0 Å². The molecular weight excluding hydrogens is 314 g/mol. The van der Waals surface area contributed by atoms with Crippen molar-refractivity contribution < 1.29 is 8.42 Å². The molecule has 2 aromatic heterocycles. The fourth-order valence-corrected chi connectivity index (χ4v) is 5.26. The van der Waals surface area contributed by atoms with Crippen LogP contribution in [-0.4, -0.2) is 20.4 Å². The molecule has 2 heterocycles. The number of aryl methyl sites for hydroxylation is 2. The van der Waals surface area contributed by atoms with Crippen LogP contribution in [-0.2, 0) is 23.1 Å². The summed E-state index contributed by atoms with van der Waals surface area (Å²) in [5.41, 5.74) is 0. The molecular formula is C12H17N3O2S3. The molecule has 2 aromatic rings. The molecule has 20 heavy (non-hydrogen) atoms. The van der Waals surface area contributed by atoms with Crippen molar-refractivity contribution in [2.45, 2.75) is 31.8 Å². The monoisotopic (exact) mass is 331 g/mol. The second-order valence-electron chi connectivity index (χ2n) is 4.33. The predicted octanol–water partition coefficient (Wildman–Crippen LogP) is 2.02. The Morgan fingerprint density at radius 1 is 1.20 bits per heavy atom. The van der Waals surface area contributed by atoms with Crippen LogP contribution in [0.25, 0.3) is 0 Å². The quantitative estimate of drug-likeness (QED) is 0.849. The fourth-order valence-electron chi connectivity index (χ4n) is 1.78. The van der Waals surface area contributed by atoms with Gasteiger partial charge in [0.15, 0.2) is 0 Å². The van der Waals surface area contributed by atoms with Gasteiger partial charge in [0.2, 0.25) is 10.0 Å². The van der Waals surface area contributed by atoms with E-state index in [1.54, 1.807) is 12.3 Å². The Labute approximate surface area is 127 Å². The zero-order valence-electron chi connectivity index (χ0n) is 11.6. The van der Waals surface area contributed by atoms with Crippen LogP contribution >= 0.6 is 22.7 Å². The molecule has 110 valence electrons. The Morgan fingerprint density at radius 3 is 2.55 bits per heavy atom. The van der Waals surface area contributed by atoms with Crippen LogP contribution < -0.4 is 10.0 Å². The van der Waals surface area contributed by atoms with Gasteiger partial charge >= 0.3 is 0 Å². The van der Waals surface area contributed by atoms with E-state index in [4.69, 9.17) is 0 Å². The van der Waals surface area contributed by atoms with Gasteiger partial charge in [-0.15, -0.1) is 22.7 Å². The third-order valence-electron chi connectivity index (χ3n) is 2.67. The molecule has 5 nitrogen and oxygen atoms in total. The smallest absolute Gasteiger partial charge is 0.242 e. The first kappa shape index (κ1) is 15.6. The van der Waals surface area contributed by atoms with Crippen molar-refractivity contribution in [3.63, 3.8) is 0 Å². The van der Waals surface area contributed by atoms with Gasteiger partial charge in [-0.25, -0.2) is 18.1 Å². The third-order valence-corrected chi connectivity index (χ3v) is 6.29. The maximum Gasteiger partial charge on any atom is 0.242 e. The summed E-state index contributed by atoms with van der Waals surface area (Å²) < 4.78 is 27.3. The first-order valence-electron chi connectivity index (χ1n) is 6.07. The highest BCUT2D eigenvalue weighted by atomic mass is 32.2. The number of nitrogens with zero attached hydrogens (tertiary/aromatic N) is 1. The minimum absolute atomic E-state index is 0.282. The van der Waals surface area contributed by atoms with Gasteiger partial charge in [0, 0.05) is 33.9 Å². The van der Waals surface area contributed by atoms with Crippen molar-refractivity contribution in [2.24, 2.45) is 0 Å². The van der Waals surface area contributed by atoms with E-state index < -0.39 is 10.0 Å². The van der Waals surface area contributed by atoms with Gasteiger partial charge in [-0.1, -0.05) is 0 Å². The normalized spacial score (nSPS) is 11.9. The second kappa shape index (κ2) is 6.31. The maximum atomic E-state index is 12.3. The average Bonchev–Trinajstić information content (AvgIpc) is 2.94. The molecule has 0 unspecified atom stereocenters. The van der Waals surface area contributed by atoms with Crippen LogP contribution in [0.5, 0.6) is 0 Å². The van der Waals surface area contributed by atoms with Gasteiger partial charge < -0.3 is 5.32 Å². The average molecular weight is 331 g/mol. The largest absolute Gasteiger partial charge is 0.315 e. The van der Waals surface area contributed by atoms with E-state index in [1.807, 2.05) is 20.9 Å². The lowest BCUT2D eigenvalue weighted by Gasteiger charge is -2.04. The summed E-state index contributed by atoms with van der Waals surface area (Å²) in [7, 11) is -1.62. The van der Waals surface area contributed by atoms with Gasteiger partial charge in [-0.3, -0.25) is 0 Å². The number of rotatable bonds is 6. The molecule has 0 fully saturated rings. The Kier molecular flexibility index (Phi) is 4.92. The minimum Gasteiger partial charge on any atom is -0.315 e. The Hall–Kier alpha value is -0.800. The molecule has 0 spiro atoms. The Morgan fingerprint density at radius 2 is 1.95 bits per heavy atom. The van der Waals surface area contributed by atoms with E-state index in [0.717, 1.165) is 19.6 Å². The van der Waals surface area contributed by atoms with Crippen LogP contribution in [0.4, 0.5) is 0 Å². The number of hydrogen-bond acceptors (Lipinski definition) is 6. The predicted molar refractivity (Wildman–Crippen MR) is 82.7 cm³/mol. The van der Waals surface area contributed by atoms with E-state index in [9.17, 15) is 8.42 Å². The molecule has 0 aromatic carbocycles. The molecule has 2 N–H and O–H groups in total. The number of sulfonamides is 1. The maximum absolute atomic E-state index is 12.3. The van der Waals surface area contributed by atoms with Gasteiger partial charge in [0.05, 0.1) is 9.90 Å². The molecule has 0 saturated heterocycles. The molecule has 0 radical (unpaired) electrons. The summed E-state index contributed by atoms with van der Waals surface area (Å²) in [4.78, 5) is 7.22. The van der Waals surface area contributed by atoms with Crippen molar-refractivity contribution in [2.75, 3.05) is 7.05 Å². The van der Waals surface area contributed by atoms with Gasteiger partial charge in [0.1, 0.15) is 0 Å². The third kappa shape index (κ3) is 3.64. The lowest BCUT2D eigenvalue weighted by Crippen LogP contribution is -2.23. The first-order valence-corrected chi connectivity index (χ1v) is 9.19. The summed E-state index contributed by atoms with van der Waals surface area (Å²) in [5, 5.41) is 3.96. The summed E-state index contributed by atoms with van der Waals surface area (Å²) in [6, 6.07) is 1.73. The highest BCUT2D eigenvalue weighted by Crippen LogP contribution is 2.25. The van der Waals surface area contributed by atoms with Crippen LogP contribution in [0, 0.1) is 13.8 Å². The van der Waals surface area contributed by atoms with Gasteiger partial charge in [0.25, 0.3) is 0 Å². The molecule has 2 rings (SSSR count). The summed E-state index contributed by atoms with van der Waals surface area (Å²) >= 11 is 3.00. The highest BCUT2D eigenvalue weighted by Gasteiger charge is 2.19. The van der Waals surface area contributed by atoms with Crippen molar-refractivity contribution in [3.8, 4) is 0 Å². The fraction of sp³-hybridized carbons (Fsp3) is 0.417. The van der Waals surface area contributed by atoms with E-state index in [1.165, 1.54) is 22.7 Å². The Bertz CT molecular complexity index is 689. The van der Waals surface area contributed by atoms with Crippen molar-refractivity contribution >= 4 is 32.7 Å². The first-order chi connectivity index (χ1) is 9.42. The number of nitrogens with one attached hydrogen (secondary N) is 2. The summed E-state index contributed by atoms with van der Waals surface area (Å²) in [6.07, 6.45) is 1.70. The highest BCUT2D eigenvalue weighted by molar-refractivity contribution is 7.89. The zero-order chi connectivity index (χ0) is 14.8. The van der Waals surface area contributed by atoms with Crippen molar-refractivity contribution in [3.05, 3.63) is 31.9 Å². The molecule has 0 atom stereocenters. The number of thiophene rings is 1. The number of hydrogen-bond donors (Lipinski definition) is 2. The molecule has 8 heteroatoms. The molecule has 0 saturated carbocycles. The lowest BCUT2D eigenvalue weighted by molar-refractivity contribution is 0.581. The topological polar surface area (TPSA) is 71.1 Å². The molecule has 0 bridgehead atoms. The molecule has 0 amide bonds. The Balaban J connectivity index is 2.13. The number of aromatic nitrogens is 1. The van der Waals surface area contributed by atoms with Gasteiger partial charge in [-0.05, 0) is 27.0 Å². The van der Waals surface area contributed by atoms with Crippen molar-refractivity contribution in [1.29, 1.82) is 0 Å². The second-order valence-corrected chi connectivity index (χ2v) is 8.73. The molecule has 0 aliphatic heterocycles. The van der Waals surface area contributed by atoms with Crippen molar-refractivity contribution in [1.82, 2.24) is 15.0 Å². The van der Waals surface area contributed by atoms with Gasteiger partial charge in [-0.2, -0.15) is 0 Å². The van der Waals surface area contributed by atoms with Crippen LogP contribution in [0.15, 0.2) is 17.2 Å². The van der Waals surface area contributed by atoms with Crippen LogP contribution in [0.1, 0.15) is 19.6 Å². The summed E-state index contributed by atoms with van der Waals surface area (Å²) in [5.74, 6) is 0. The van der Waals surface area contributed by atoms with Crippen LogP contribution in [0.2, 0.25) is 0 Å². The zero-order valence-corrected chi connectivity index (χ0v) is 14.0. The standard InChI is InChI=1S/C12H17N3O2S3/c1-8-12(4-10(18-8)5-13-3)20(16,17)15-7-11-6-14-9(2)19-11/h4,6,13,15H,5,7H2,1-3H3. The summed E-state index contributed by atoms with van der Waals surface area (Å²) in [6.45, 7) is 4.69. The van der Waals surface area contributed by atoms with Crippen LogP contribution in [0.3, 0.4) is 0 Å². The number of thiazole rings is 1. The lowest BCUT2D eigenvalue weighted by atomic mass is 10.4. The molecule has 0 aliphatic rings.